The van der Waals surface area contributed by atoms with Crippen LogP contribution in [0.25, 0.3) is 0 Å². The lowest BCUT2D eigenvalue weighted by Crippen LogP contribution is -2.65. The molecule has 0 aliphatic carbocycles. The van der Waals surface area contributed by atoms with Gasteiger partial charge in [-0.25, -0.2) is 0 Å². The van der Waals surface area contributed by atoms with Crippen LogP contribution in [0, 0.1) is 0 Å². The molecule has 0 saturated carbocycles. The van der Waals surface area contributed by atoms with E-state index >= 15 is 0 Å². The summed E-state index contributed by atoms with van der Waals surface area (Å²) >= 11 is 0. The maximum Gasteiger partial charge on any atom is 0.266 e. The number of hydrogen-bond donors (Lipinski definition) is 0. The molecule has 0 atom stereocenters. The predicted octanol–water partition coefficient (Wildman–Crippen LogP) is 6.71. The van der Waals surface area contributed by atoms with Gasteiger partial charge >= 0.3 is 0 Å². The summed E-state index contributed by atoms with van der Waals surface area (Å²) < 4.78 is 27.9. The lowest BCUT2D eigenvalue weighted by molar-refractivity contribution is 0.457. The van der Waals surface area contributed by atoms with Crippen molar-refractivity contribution in [1.29, 1.82) is 0 Å². The first kappa shape index (κ1) is 25.5. The van der Waals surface area contributed by atoms with E-state index in [9.17, 15) is 0 Å². The topological polar surface area (TPSA) is 43.4 Å². The van der Waals surface area contributed by atoms with Crippen LogP contribution in [0.5, 0.6) is 46.0 Å². The molecule has 230 valence electrons. The van der Waals surface area contributed by atoms with E-state index < -0.39 is 0 Å². The van der Waals surface area contributed by atoms with Gasteiger partial charge in [0.25, 0.3) is 13.4 Å². The fourth-order valence-electron chi connectivity index (χ4n) is 9.34. The first-order chi connectivity index (χ1) is 24.8. The van der Waals surface area contributed by atoms with Crippen molar-refractivity contribution in [3.05, 3.63) is 133 Å². The summed E-state index contributed by atoms with van der Waals surface area (Å²) in [4.78, 5) is 4.72. The Labute approximate surface area is 287 Å². The average Bonchev–Trinajstić information content (AvgIpc) is 3.17. The van der Waals surface area contributed by atoms with Crippen LogP contribution in [-0.4, -0.2) is 13.4 Å². The molecule has 13 rings (SSSR count). The van der Waals surface area contributed by atoms with Crippen molar-refractivity contribution in [3.8, 4) is 46.0 Å². The number of anilines is 6. The predicted molar refractivity (Wildman–Crippen MR) is 198 cm³/mol. The quantitative estimate of drug-likeness (QED) is 0.196. The molecule has 0 spiro atoms. The molecule has 6 aliphatic rings. The molecular formula is C42H22B2N2O4. The number of para-hydroxylation sites is 2. The second kappa shape index (κ2) is 8.73. The lowest BCUT2D eigenvalue weighted by atomic mass is 9.30. The molecule has 0 bridgehead atoms. The van der Waals surface area contributed by atoms with Crippen LogP contribution in [0.1, 0.15) is 0 Å². The highest BCUT2D eigenvalue weighted by molar-refractivity contribution is 7.03. The van der Waals surface area contributed by atoms with Crippen LogP contribution in [0.4, 0.5) is 34.1 Å². The van der Waals surface area contributed by atoms with Gasteiger partial charge in [-0.15, -0.1) is 0 Å². The normalized spacial score (nSPS) is 14.9. The highest BCUT2D eigenvalue weighted by Gasteiger charge is 2.55. The van der Waals surface area contributed by atoms with E-state index in [0.717, 1.165) is 113 Å². The summed E-state index contributed by atoms with van der Waals surface area (Å²) in [6.07, 6.45) is 0. The van der Waals surface area contributed by atoms with Crippen LogP contribution in [0.3, 0.4) is 0 Å². The van der Waals surface area contributed by atoms with Crippen molar-refractivity contribution >= 4 is 80.3 Å². The Bertz CT molecular complexity index is 2510. The number of rotatable bonds is 2. The minimum Gasteiger partial charge on any atom is -0.458 e. The van der Waals surface area contributed by atoms with E-state index in [1.165, 1.54) is 0 Å². The van der Waals surface area contributed by atoms with E-state index in [4.69, 9.17) is 18.9 Å². The SMILES string of the molecule is c1ccc(N2c3cccc4c3B3c5c(cccc5Oc5c3c2c2c3c5N(c5ccccc5)c5cccc6c5B3c3c(cccc3O2)O6)O4)cc1. The summed E-state index contributed by atoms with van der Waals surface area (Å²) in [6.45, 7) is -0.254. The third kappa shape index (κ3) is 2.88. The minimum absolute atomic E-state index is 0.127. The highest BCUT2D eigenvalue weighted by Crippen LogP contribution is 2.56. The molecule has 0 saturated heterocycles. The fraction of sp³-hybridized carbons (Fsp3) is 0. The molecule has 0 aromatic heterocycles. The first-order valence-corrected chi connectivity index (χ1v) is 17.0. The highest BCUT2D eigenvalue weighted by atomic mass is 16.5. The first-order valence-electron chi connectivity index (χ1n) is 17.0. The van der Waals surface area contributed by atoms with Crippen LogP contribution >= 0.6 is 0 Å². The third-order valence-electron chi connectivity index (χ3n) is 11.1. The molecule has 6 heterocycles. The standard InChI is InChI=1S/C42H22B2N2O4/c1-3-11-23(12-4-1)45-25-15-7-17-27-33(25)43-35-29(47-27)19-10-22-32(35)50-42-37(43)39(45)41-38-40(42)46(24-13-5-2-6-14-24)26-16-8-18-28-34(26)44(38)36-30(48-28)20-9-21-31(36)49-41/h1-22H. The lowest BCUT2D eigenvalue weighted by Gasteiger charge is -2.49. The van der Waals surface area contributed by atoms with Crippen LogP contribution < -0.4 is 61.5 Å². The van der Waals surface area contributed by atoms with Gasteiger partial charge in [0.1, 0.15) is 46.0 Å². The van der Waals surface area contributed by atoms with E-state index in [1.807, 2.05) is 12.1 Å². The summed E-state index contributed by atoms with van der Waals surface area (Å²) in [6, 6.07) is 46.2. The molecule has 0 unspecified atom stereocenters. The number of benzene rings is 7. The molecule has 6 nitrogen and oxygen atoms in total. The van der Waals surface area contributed by atoms with Crippen molar-refractivity contribution < 1.29 is 18.9 Å². The van der Waals surface area contributed by atoms with Crippen LogP contribution in [-0.2, 0) is 0 Å². The molecule has 6 aliphatic heterocycles. The Balaban J connectivity index is 1.25. The summed E-state index contributed by atoms with van der Waals surface area (Å²) in [5.41, 5.74) is 12.7. The molecule has 7 aromatic carbocycles. The van der Waals surface area contributed by atoms with Crippen molar-refractivity contribution in [3.63, 3.8) is 0 Å². The van der Waals surface area contributed by atoms with Crippen LogP contribution in [0.2, 0.25) is 0 Å². The second-order valence-corrected chi connectivity index (χ2v) is 13.5. The minimum atomic E-state index is -0.127. The number of ether oxygens (including phenoxy) is 4. The Morgan fingerprint density at radius 1 is 0.320 bits per heavy atom. The molecule has 0 amide bonds. The maximum absolute atomic E-state index is 7.27. The third-order valence-corrected chi connectivity index (χ3v) is 11.1. The summed E-state index contributed by atoms with van der Waals surface area (Å²) in [5, 5.41) is 0. The Kier molecular flexibility index (Phi) is 4.45. The van der Waals surface area contributed by atoms with Gasteiger partial charge in [-0.2, -0.15) is 0 Å². The number of fused-ring (bicyclic) bond motifs is 2. The Morgan fingerprint density at radius 2 is 0.680 bits per heavy atom. The molecular weight excluding hydrogens is 618 g/mol. The van der Waals surface area contributed by atoms with E-state index in [0.29, 0.717) is 0 Å². The van der Waals surface area contributed by atoms with E-state index in [1.54, 1.807) is 0 Å². The van der Waals surface area contributed by atoms with Crippen molar-refractivity contribution in [2.24, 2.45) is 0 Å². The molecule has 0 fully saturated rings. The molecule has 50 heavy (non-hydrogen) atoms. The second-order valence-electron chi connectivity index (χ2n) is 13.5. The number of hydrogen-bond acceptors (Lipinski definition) is 6. The van der Waals surface area contributed by atoms with E-state index in [-0.39, 0.29) is 13.4 Å². The monoisotopic (exact) mass is 640 g/mol. The van der Waals surface area contributed by atoms with Gasteiger partial charge in [0, 0.05) is 44.6 Å². The van der Waals surface area contributed by atoms with Gasteiger partial charge in [-0.1, -0.05) is 60.7 Å². The summed E-state index contributed by atoms with van der Waals surface area (Å²) in [5.74, 6) is 6.67. The van der Waals surface area contributed by atoms with Crippen molar-refractivity contribution in [2.75, 3.05) is 9.80 Å². The van der Waals surface area contributed by atoms with Crippen molar-refractivity contribution in [2.45, 2.75) is 0 Å². The Hall–Kier alpha value is -6.53. The zero-order chi connectivity index (χ0) is 32.2. The largest absolute Gasteiger partial charge is 0.458 e. The van der Waals surface area contributed by atoms with Gasteiger partial charge < -0.3 is 28.7 Å². The van der Waals surface area contributed by atoms with Crippen molar-refractivity contribution in [1.82, 2.24) is 0 Å². The smallest absolute Gasteiger partial charge is 0.266 e. The summed E-state index contributed by atoms with van der Waals surface area (Å²) in [7, 11) is 0. The fourth-order valence-corrected chi connectivity index (χ4v) is 9.34. The van der Waals surface area contributed by atoms with Crippen LogP contribution in [0.15, 0.2) is 133 Å². The molecule has 0 N–H and O–H groups in total. The molecule has 0 radical (unpaired) electrons. The molecule has 7 aromatic rings. The van der Waals surface area contributed by atoms with Gasteiger partial charge in [0.2, 0.25) is 0 Å². The van der Waals surface area contributed by atoms with E-state index in [2.05, 4.69) is 131 Å². The average molecular weight is 640 g/mol. The van der Waals surface area contributed by atoms with Gasteiger partial charge in [0.15, 0.2) is 0 Å². The zero-order valence-electron chi connectivity index (χ0n) is 26.4. The number of nitrogens with zero attached hydrogens (tertiary/aromatic N) is 2. The zero-order valence-corrected chi connectivity index (χ0v) is 26.4. The van der Waals surface area contributed by atoms with Gasteiger partial charge in [-0.3, -0.25) is 0 Å². The molecule has 8 heteroatoms. The van der Waals surface area contributed by atoms with Gasteiger partial charge in [0.05, 0.1) is 11.4 Å². The Morgan fingerprint density at radius 3 is 1.10 bits per heavy atom. The van der Waals surface area contributed by atoms with Gasteiger partial charge in [-0.05, 0) is 83.7 Å². The maximum atomic E-state index is 7.27.